The van der Waals surface area contributed by atoms with Gasteiger partial charge in [-0.05, 0) is 39.0 Å². The number of hydrogen-bond acceptors (Lipinski definition) is 3. The summed E-state index contributed by atoms with van der Waals surface area (Å²) in [5, 5.41) is 4.00. The molecule has 1 aromatic heterocycles. The zero-order valence-corrected chi connectivity index (χ0v) is 11.6. The number of aromatic nitrogens is 1. The van der Waals surface area contributed by atoms with Crippen LogP contribution in [0.4, 0.5) is 0 Å². The van der Waals surface area contributed by atoms with Gasteiger partial charge in [0.15, 0.2) is 5.69 Å². The number of rotatable bonds is 2. The molecule has 1 aliphatic carbocycles. The van der Waals surface area contributed by atoms with Crippen LogP contribution < -0.4 is 0 Å². The number of carbonyl (C=O) groups is 1. The molecule has 4 heteroatoms. The van der Waals surface area contributed by atoms with Gasteiger partial charge in [-0.2, -0.15) is 0 Å². The maximum absolute atomic E-state index is 12.4. The topological polar surface area (TPSA) is 46.3 Å². The molecule has 1 aliphatic heterocycles. The number of amides is 1. The number of piperidine rings is 1. The van der Waals surface area contributed by atoms with Crippen LogP contribution in [-0.4, -0.2) is 28.6 Å². The Morgan fingerprint density at radius 1 is 1.26 bits per heavy atom. The van der Waals surface area contributed by atoms with Crippen molar-refractivity contribution >= 4 is 5.91 Å². The Balaban J connectivity index is 1.72. The second-order valence-electron chi connectivity index (χ2n) is 5.94. The second-order valence-corrected chi connectivity index (χ2v) is 5.94. The van der Waals surface area contributed by atoms with Crippen LogP contribution in [0, 0.1) is 0 Å². The first-order valence-electron chi connectivity index (χ1n) is 7.53. The van der Waals surface area contributed by atoms with E-state index in [1.165, 1.54) is 32.1 Å². The van der Waals surface area contributed by atoms with Crippen molar-refractivity contribution < 1.29 is 9.32 Å². The molecule has 1 amide bonds. The third-order valence-electron chi connectivity index (χ3n) is 4.57. The van der Waals surface area contributed by atoms with Crippen molar-refractivity contribution in [2.45, 2.75) is 63.8 Å². The molecule has 2 fully saturated rings. The van der Waals surface area contributed by atoms with Gasteiger partial charge in [0.1, 0.15) is 5.76 Å². The fourth-order valence-electron chi connectivity index (χ4n) is 3.34. The minimum atomic E-state index is 0.0418. The summed E-state index contributed by atoms with van der Waals surface area (Å²) in [4.78, 5) is 14.4. The lowest BCUT2D eigenvalue weighted by molar-refractivity contribution is 0.0625. The molecule has 0 N–H and O–H groups in total. The van der Waals surface area contributed by atoms with E-state index >= 15 is 0 Å². The first-order chi connectivity index (χ1) is 9.25. The van der Waals surface area contributed by atoms with Crippen molar-refractivity contribution in [1.82, 2.24) is 10.1 Å². The van der Waals surface area contributed by atoms with Gasteiger partial charge in [-0.25, -0.2) is 0 Å². The minimum Gasteiger partial charge on any atom is -0.360 e. The smallest absolute Gasteiger partial charge is 0.276 e. The first-order valence-corrected chi connectivity index (χ1v) is 7.53. The average Bonchev–Trinajstić information content (AvgIpc) is 3.09. The molecule has 1 saturated carbocycles. The van der Waals surface area contributed by atoms with E-state index < -0.39 is 0 Å². The second kappa shape index (κ2) is 5.35. The highest BCUT2D eigenvalue weighted by Crippen LogP contribution is 2.34. The maximum Gasteiger partial charge on any atom is 0.276 e. The van der Waals surface area contributed by atoms with Gasteiger partial charge < -0.3 is 9.42 Å². The molecule has 19 heavy (non-hydrogen) atoms. The van der Waals surface area contributed by atoms with E-state index in [0.29, 0.717) is 17.7 Å². The van der Waals surface area contributed by atoms with E-state index in [9.17, 15) is 4.79 Å². The fraction of sp³-hybridized carbons (Fsp3) is 0.733. The number of likely N-dealkylation sites (tertiary alicyclic amines) is 1. The van der Waals surface area contributed by atoms with Crippen LogP contribution in [0.5, 0.6) is 0 Å². The largest absolute Gasteiger partial charge is 0.360 e. The van der Waals surface area contributed by atoms with Crippen molar-refractivity contribution in [1.29, 1.82) is 0 Å². The molecule has 0 spiro atoms. The maximum atomic E-state index is 12.4. The van der Waals surface area contributed by atoms with E-state index in [1.807, 2.05) is 11.0 Å². The Bertz CT molecular complexity index is 449. The zero-order valence-electron chi connectivity index (χ0n) is 11.6. The van der Waals surface area contributed by atoms with Gasteiger partial charge in [-0.3, -0.25) is 4.79 Å². The molecule has 4 nitrogen and oxygen atoms in total. The zero-order chi connectivity index (χ0) is 13.2. The Kier molecular flexibility index (Phi) is 3.58. The minimum absolute atomic E-state index is 0.0418. The lowest BCUT2D eigenvalue weighted by Crippen LogP contribution is -2.42. The average molecular weight is 262 g/mol. The van der Waals surface area contributed by atoms with Crippen LogP contribution in [0.1, 0.15) is 74.0 Å². The van der Waals surface area contributed by atoms with Crippen LogP contribution in [-0.2, 0) is 0 Å². The number of carbonyl (C=O) groups excluding carboxylic acids is 1. The van der Waals surface area contributed by atoms with Crippen molar-refractivity contribution in [3.05, 3.63) is 17.5 Å². The van der Waals surface area contributed by atoms with Crippen molar-refractivity contribution in [2.24, 2.45) is 0 Å². The first kappa shape index (κ1) is 12.7. The highest BCUT2D eigenvalue weighted by atomic mass is 16.5. The van der Waals surface area contributed by atoms with Gasteiger partial charge in [0.05, 0.1) is 0 Å². The van der Waals surface area contributed by atoms with E-state index in [-0.39, 0.29) is 5.91 Å². The van der Waals surface area contributed by atoms with Crippen molar-refractivity contribution in [3.63, 3.8) is 0 Å². The van der Waals surface area contributed by atoms with Gasteiger partial charge in [0.25, 0.3) is 5.91 Å². The van der Waals surface area contributed by atoms with Crippen molar-refractivity contribution in [3.8, 4) is 0 Å². The van der Waals surface area contributed by atoms with E-state index in [4.69, 9.17) is 4.52 Å². The molecule has 0 aromatic carbocycles. The molecular weight excluding hydrogens is 240 g/mol. The van der Waals surface area contributed by atoms with Gasteiger partial charge in [0.2, 0.25) is 0 Å². The van der Waals surface area contributed by atoms with Gasteiger partial charge in [-0.1, -0.05) is 18.0 Å². The fourth-order valence-corrected chi connectivity index (χ4v) is 3.34. The quantitative estimate of drug-likeness (QED) is 0.821. The lowest BCUT2D eigenvalue weighted by Gasteiger charge is -2.32. The Labute approximate surface area is 114 Å². The summed E-state index contributed by atoms with van der Waals surface area (Å²) in [5.41, 5.74) is 0.496. The Morgan fingerprint density at radius 2 is 2.00 bits per heavy atom. The molecule has 2 heterocycles. The summed E-state index contributed by atoms with van der Waals surface area (Å²) in [6, 6.07) is 2.20. The number of nitrogens with zero attached hydrogens (tertiary/aromatic N) is 2. The predicted octanol–water partition coefficient (Wildman–Crippen LogP) is 3.35. The van der Waals surface area contributed by atoms with Crippen LogP contribution in [0.25, 0.3) is 0 Å². The van der Waals surface area contributed by atoms with E-state index in [0.717, 1.165) is 25.1 Å². The lowest BCUT2D eigenvalue weighted by atomic mass is 10.0. The van der Waals surface area contributed by atoms with Crippen LogP contribution >= 0.6 is 0 Å². The predicted molar refractivity (Wildman–Crippen MR) is 72.1 cm³/mol. The highest BCUT2D eigenvalue weighted by Gasteiger charge is 2.28. The standard InChI is InChI=1S/C15H22N2O2/c1-11-6-4-5-9-17(11)15(18)13-10-14(19-16-13)12-7-2-3-8-12/h10-12H,2-9H2,1H3. The highest BCUT2D eigenvalue weighted by molar-refractivity contribution is 5.92. The van der Waals surface area contributed by atoms with Gasteiger partial charge in [-0.15, -0.1) is 0 Å². The molecule has 3 rings (SSSR count). The molecule has 1 unspecified atom stereocenters. The monoisotopic (exact) mass is 262 g/mol. The molecule has 0 radical (unpaired) electrons. The summed E-state index contributed by atoms with van der Waals surface area (Å²) < 4.78 is 5.40. The molecule has 1 aromatic rings. The molecule has 2 aliphatic rings. The summed E-state index contributed by atoms with van der Waals surface area (Å²) in [6.45, 7) is 2.97. The normalized spacial score (nSPS) is 24.9. The molecular formula is C15H22N2O2. The third kappa shape index (κ3) is 2.53. The molecule has 1 saturated heterocycles. The van der Waals surface area contributed by atoms with Crippen molar-refractivity contribution in [2.75, 3.05) is 6.54 Å². The summed E-state index contributed by atoms with van der Waals surface area (Å²) in [7, 11) is 0. The Hall–Kier alpha value is -1.32. The summed E-state index contributed by atoms with van der Waals surface area (Å²) >= 11 is 0. The van der Waals surface area contributed by atoms with Gasteiger partial charge in [0, 0.05) is 24.6 Å². The summed E-state index contributed by atoms with van der Waals surface area (Å²) in [5.74, 6) is 1.43. The SMILES string of the molecule is CC1CCCCN1C(=O)c1cc(C2CCCC2)on1. The van der Waals surface area contributed by atoms with Gasteiger partial charge >= 0.3 is 0 Å². The third-order valence-corrected chi connectivity index (χ3v) is 4.57. The van der Waals surface area contributed by atoms with E-state index in [2.05, 4.69) is 12.1 Å². The van der Waals surface area contributed by atoms with Crippen LogP contribution in [0.3, 0.4) is 0 Å². The van der Waals surface area contributed by atoms with Crippen LogP contribution in [0.15, 0.2) is 10.6 Å². The van der Waals surface area contributed by atoms with Crippen LogP contribution in [0.2, 0.25) is 0 Å². The summed E-state index contributed by atoms with van der Waals surface area (Å²) in [6.07, 6.45) is 8.28. The Morgan fingerprint density at radius 3 is 2.74 bits per heavy atom. The molecule has 104 valence electrons. The van der Waals surface area contributed by atoms with E-state index in [1.54, 1.807) is 0 Å². The molecule has 0 bridgehead atoms. The number of hydrogen-bond donors (Lipinski definition) is 0. The molecule has 1 atom stereocenters.